The lowest BCUT2D eigenvalue weighted by atomic mass is 10.2. The van der Waals surface area contributed by atoms with Crippen molar-refractivity contribution in [2.45, 2.75) is 19.6 Å². The summed E-state index contributed by atoms with van der Waals surface area (Å²) < 4.78 is 7.71. The Hall–Kier alpha value is -1.37. The van der Waals surface area contributed by atoms with Crippen LogP contribution in [-0.4, -0.2) is 51.8 Å². The van der Waals surface area contributed by atoms with Crippen molar-refractivity contribution < 1.29 is 4.74 Å². The number of likely N-dealkylation sites (N-methyl/N-ethyl adjacent to an activating group) is 1. The summed E-state index contributed by atoms with van der Waals surface area (Å²) in [5, 5.41) is 0.563. The van der Waals surface area contributed by atoms with Crippen molar-refractivity contribution in [1.29, 1.82) is 0 Å². The maximum absolute atomic E-state index is 5.99. The highest BCUT2D eigenvalue weighted by molar-refractivity contribution is 6.31. The van der Waals surface area contributed by atoms with Gasteiger partial charge >= 0.3 is 0 Å². The van der Waals surface area contributed by atoms with Gasteiger partial charge in [-0.25, -0.2) is 9.97 Å². The van der Waals surface area contributed by atoms with Gasteiger partial charge in [-0.2, -0.15) is 0 Å². The number of ether oxygens (including phenoxy) is 1. The highest BCUT2D eigenvalue weighted by Gasteiger charge is 2.22. The van der Waals surface area contributed by atoms with Crippen LogP contribution in [0.1, 0.15) is 6.92 Å². The third-order valence-electron chi connectivity index (χ3n) is 3.64. The molecule has 3 heterocycles. The predicted molar refractivity (Wildman–Crippen MR) is 78.8 cm³/mol. The van der Waals surface area contributed by atoms with Crippen LogP contribution < -0.4 is 5.73 Å². The summed E-state index contributed by atoms with van der Waals surface area (Å²) >= 11 is 5.93. The van der Waals surface area contributed by atoms with Crippen molar-refractivity contribution in [2.24, 2.45) is 0 Å². The molecule has 1 aliphatic heterocycles. The Morgan fingerprint density at radius 1 is 1.55 bits per heavy atom. The van der Waals surface area contributed by atoms with E-state index in [1.165, 1.54) is 0 Å². The number of nitrogens with two attached hydrogens (primary N) is 1. The fourth-order valence-corrected chi connectivity index (χ4v) is 2.72. The summed E-state index contributed by atoms with van der Waals surface area (Å²) in [7, 11) is 0. The molecule has 2 N–H and O–H groups in total. The molecule has 0 aliphatic carbocycles. The number of anilines is 1. The number of halogens is 1. The molecule has 7 heteroatoms. The van der Waals surface area contributed by atoms with Crippen molar-refractivity contribution in [3.8, 4) is 0 Å². The van der Waals surface area contributed by atoms with E-state index in [1.807, 2.05) is 4.57 Å². The second-order valence-corrected chi connectivity index (χ2v) is 5.40. The first-order chi connectivity index (χ1) is 9.67. The Labute approximate surface area is 122 Å². The molecule has 1 aliphatic rings. The molecule has 1 fully saturated rings. The minimum atomic E-state index is 0.112. The summed E-state index contributed by atoms with van der Waals surface area (Å²) in [5.74, 6) is 0.451. The van der Waals surface area contributed by atoms with Crippen molar-refractivity contribution >= 4 is 28.7 Å². The van der Waals surface area contributed by atoms with E-state index in [1.54, 1.807) is 12.3 Å². The number of fused-ring (bicyclic) bond motifs is 1. The predicted octanol–water partition coefficient (Wildman–Crippen LogP) is 1.39. The van der Waals surface area contributed by atoms with Gasteiger partial charge in [0.1, 0.15) is 5.52 Å². The Morgan fingerprint density at radius 3 is 3.20 bits per heavy atom. The van der Waals surface area contributed by atoms with E-state index in [9.17, 15) is 0 Å². The van der Waals surface area contributed by atoms with E-state index in [2.05, 4.69) is 21.8 Å². The van der Waals surface area contributed by atoms with Gasteiger partial charge in [0, 0.05) is 19.3 Å². The third-order valence-corrected chi connectivity index (χ3v) is 3.84. The van der Waals surface area contributed by atoms with E-state index in [0.717, 1.165) is 37.4 Å². The zero-order valence-electron chi connectivity index (χ0n) is 11.4. The zero-order chi connectivity index (χ0) is 14.1. The fraction of sp³-hybridized carbons (Fsp3) is 0.538. The average molecular weight is 296 g/mol. The third kappa shape index (κ3) is 2.59. The topological polar surface area (TPSA) is 69.2 Å². The molecule has 108 valence electrons. The van der Waals surface area contributed by atoms with Gasteiger partial charge in [0.25, 0.3) is 0 Å². The number of morpholine rings is 1. The van der Waals surface area contributed by atoms with Gasteiger partial charge in [0.05, 0.1) is 24.3 Å². The largest absolute Gasteiger partial charge is 0.374 e. The van der Waals surface area contributed by atoms with Crippen LogP contribution in [0, 0.1) is 0 Å². The minimum absolute atomic E-state index is 0.112. The van der Waals surface area contributed by atoms with E-state index in [-0.39, 0.29) is 6.10 Å². The highest BCUT2D eigenvalue weighted by Crippen LogP contribution is 2.20. The average Bonchev–Trinajstić information content (AvgIpc) is 2.74. The van der Waals surface area contributed by atoms with Crippen LogP contribution in [-0.2, 0) is 11.3 Å². The number of nitrogens with zero attached hydrogens (tertiary/aromatic N) is 4. The lowest BCUT2D eigenvalue weighted by Gasteiger charge is -2.32. The van der Waals surface area contributed by atoms with Crippen LogP contribution in [0.25, 0.3) is 11.2 Å². The molecule has 2 aromatic rings. The molecule has 1 atom stereocenters. The second-order valence-electron chi connectivity index (χ2n) is 4.96. The summed E-state index contributed by atoms with van der Waals surface area (Å²) in [5.41, 5.74) is 7.46. The summed E-state index contributed by atoms with van der Waals surface area (Å²) in [4.78, 5) is 11.0. The van der Waals surface area contributed by atoms with Crippen LogP contribution in [0.2, 0.25) is 5.02 Å². The molecule has 3 rings (SSSR count). The molecule has 0 aromatic carbocycles. The Balaban J connectivity index is 1.85. The SMILES string of the molecule is CCN1CCOC(Cn2c(N)nc3cc(Cl)cnc32)C1. The Bertz CT molecular complexity index is 614. The van der Waals surface area contributed by atoms with Gasteiger partial charge in [0.15, 0.2) is 5.65 Å². The second kappa shape index (κ2) is 5.55. The van der Waals surface area contributed by atoms with Gasteiger partial charge in [0.2, 0.25) is 5.95 Å². The van der Waals surface area contributed by atoms with Crippen molar-refractivity contribution in [1.82, 2.24) is 19.4 Å². The molecule has 2 aromatic heterocycles. The maximum atomic E-state index is 5.99. The Kier molecular flexibility index (Phi) is 3.78. The molecular weight excluding hydrogens is 278 g/mol. The lowest BCUT2D eigenvalue weighted by Crippen LogP contribution is -2.44. The van der Waals surface area contributed by atoms with E-state index in [0.29, 0.717) is 17.5 Å². The summed E-state index contributed by atoms with van der Waals surface area (Å²) in [6.45, 7) is 6.50. The molecule has 0 saturated carbocycles. The van der Waals surface area contributed by atoms with Gasteiger partial charge in [-0.1, -0.05) is 18.5 Å². The van der Waals surface area contributed by atoms with Gasteiger partial charge < -0.3 is 10.5 Å². The molecule has 1 saturated heterocycles. The number of nitrogen functional groups attached to an aromatic ring is 1. The number of hydrogen-bond acceptors (Lipinski definition) is 5. The molecule has 0 amide bonds. The van der Waals surface area contributed by atoms with Crippen LogP contribution in [0.4, 0.5) is 5.95 Å². The van der Waals surface area contributed by atoms with Crippen molar-refractivity contribution in [3.05, 3.63) is 17.3 Å². The van der Waals surface area contributed by atoms with Crippen LogP contribution in [0.5, 0.6) is 0 Å². The van der Waals surface area contributed by atoms with Gasteiger partial charge in [-0.15, -0.1) is 0 Å². The van der Waals surface area contributed by atoms with E-state index < -0.39 is 0 Å². The number of hydrogen-bond donors (Lipinski definition) is 1. The first-order valence-electron chi connectivity index (χ1n) is 6.78. The number of aromatic nitrogens is 3. The molecule has 20 heavy (non-hydrogen) atoms. The Morgan fingerprint density at radius 2 is 2.40 bits per heavy atom. The number of pyridine rings is 1. The van der Waals surface area contributed by atoms with E-state index >= 15 is 0 Å². The monoisotopic (exact) mass is 295 g/mol. The van der Waals surface area contributed by atoms with E-state index in [4.69, 9.17) is 22.1 Å². The molecule has 1 unspecified atom stereocenters. The smallest absolute Gasteiger partial charge is 0.202 e. The normalized spacial score (nSPS) is 20.6. The van der Waals surface area contributed by atoms with Crippen LogP contribution in [0.15, 0.2) is 12.3 Å². The zero-order valence-corrected chi connectivity index (χ0v) is 12.2. The van der Waals surface area contributed by atoms with Crippen LogP contribution in [0.3, 0.4) is 0 Å². The summed E-state index contributed by atoms with van der Waals surface area (Å²) in [6.07, 6.45) is 1.72. The quantitative estimate of drug-likeness (QED) is 0.926. The first-order valence-corrected chi connectivity index (χ1v) is 7.16. The molecular formula is C13H18ClN5O. The molecule has 0 radical (unpaired) electrons. The summed E-state index contributed by atoms with van der Waals surface area (Å²) in [6, 6.07) is 1.77. The molecule has 0 spiro atoms. The molecule has 6 nitrogen and oxygen atoms in total. The number of imidazole rings is 1. The first kappa shape index (κ1) is 13.6. The van der Waals surface area contributed by atoms with Crippen LogP contribution >= 0.6 is 11.6 Å². The van der Waals surface area contributed by atoms with Crippen molar-refractivity contribution in [2.75, 3.05) is 32.0 Å². The van der Waals surface area contributed by atoms with Gasteiger partial charge in [-0.05, 0) is 12.6 Å². The maximum Gasteiger partial charge on any atom is 0.202 e. The highest BCUT2D eigenvalue weighted by atomic mass is 35.5. The van der Waals surface area contributed by atoms with Crippen molar-refractivity contribution in [3.63, 3.8) is 0 Å². The number of rotatable bonds is 3. The standard InChI is InChI=1S/C13H18ClN5O/c1-2-18-3-4-20-10(7-18)8-19-12-11(17-13(19)15)5-9(14)6-16-12/h5-6,10H,2-4,7-8H2,1H3,(H2,15,17). The fourth-order valence-electron chi connectivity index (χ4n) is 2.57. The minimum Gasteiger partial charge on any atom is -0.374 e. The van der Waals surface area contributed by atoms with Gasteiger partial charge in [-0.3, -0.25) is 9.47 Å². The lowest BCUT2D eigenvalue weighted by molar-refractivity contribution is -0.0336. The molecule has 0 bridgehead atoms.